The molecule has 0 aliphatic rings. The SMILES string of the molecule is CC(C)(N)c1ccc(-c2ccc3[nH]ncc3c2-c2cn[nH]c2)nc1.Cl.Cl.Cl.Cl. The highest BCUT2D eigenvalue weighted by molar-refractivity contribution is 6.01. The Morgan fingerprint density at radius 2 is 1.64 bits per heavy atom. The van der Waals surface area contributed by atoms with Crippen molar-refractivity contribution in [2.45, 2.75) is 19.4 Å². The summed E-state index contributed by atoms with van der Waals surface area (Å²) in [4.78, 5) is 4.64. The van der Waals surface area contributed by atoms with Crippen LogP contribution in [0.3, 0.4) is 0 Å². The standard InChI is InChI=1S/C18H18N6.4ClH/c1-18(2,19)12-3-5-15(20-9-12)13-4-6-16-14(10-23-24-16)17(13)11-7-21-22-8-11;;;;/h3-10H,19H2,1-2H3,(H,21,22)(H,23,24);4*1H. The third-order valence-corrected chi connectivity index (χ3v) is 4.19. The number of nitrogens with zero attached hydrogens (tertiary/aromatic N) is 3. The zero-order chi connectivity index (χ0) is 16.7. The largest absolute Gasteiger partial charge is 0.322 e. The maximum absolute atomic E-state index is 6.15. The van der Waals surface area contributed by atoms with Crippen LogP contribution in [0.25, 0.3) is 33.3 Å². The van der Waals surface area contributed by atoms with Crippen molar-refractivity contribution in [3.8, 4) is 22.4 Å². The second kappa shape index (κ2) is 10.1. The van der Waals surface area contributed by atoms with Gasteiger partial charge in [0.05, 0.1) is 23.6 Å². The number of hydrogen-bond donors (Lipinski definition) is 3. The third-order valence-electron chi connectivity index (χ3n) is 4.19. The van der Waals surface area contributed by atoms with Crippen LogP contribution < -0.4 is 5.73 Å². The number of aromatic amines is 2. The van der Waals surface area contributed by atoms with Crippen LogP contribution in [0.1, 0.15) is 19.4 Å². The van der Waals surface area contributed by atoms with Gasteiger partial charge in [-0.1, -0.05) is 12.1 Å². The Kier molecular flexibility index (Phi) is 9.43. The molecule has 28 heavy (non-hydrogen) atoms. The van der Waals surface area contributed by atoms with Crippen molar-refractivity contribution in [3.05, 3.63) is 54.6 Å². The number of hydrogen-bond acceptors (Lipinski definition) is 4. The summed E-state index contributed by atoms with van der Waals surface area (Å²) in [6.45, 7) is 3.94. The molecule has 4 aromatic rings. The van der Waals surface area contributed by atoms with E-state index in [9.17, 15) is 0 Å². The normalized spacial score (nSPS) is 10.2. The van der Waals surface area contributed by atoms with E-state index in [1.807, 2.05) is 56.8 Å². The van der Waals surface area contributed by atoms with Crippen molar-refractivity contribution >= 4 is 60.5 Å². The van der Waals surface area contributed by atoms with Gasteiger partial charge in [0.15, 0.2) is 0 Å². The van der Waals surface area contributed by atoms with Crippen LogP contribution in [-0.4, -0.2) is 25.4 Å². The van der Waals surface area contributed by atoms with Crippen LogP contribution in [0, 0.1) is 0 Å². The van der Waals surface area contributed by atoms with E-state index in [4.69, 9.17) is 5.73 Å². The van der Waals surface area contributed by atoms with Crippen LogP contribution in [0.15, 0.2) is 49.1 Å². The number of rotatable bonds is 3. The van der Waals surface area contributed by atoms with Crippen molar-refractivity contribution in [1.82, 2.24) is 25.4 Å². The molecule has 0 aliphatic heterocycles. The Balaban J connectivity index is 0.00000182. The quantitative estimate of drug-likeness (QED) is 0.402. The zero-order valence-electron chi connectivity index (χ0n) is 15.2. The molecule has 3 heterocycles. The Morgan fingerprint density at radius 3 is 2.21 bits per heavy atom. The first kappa shape index (κ1) is 26.2. The van der Waals surface area contributed by atoms with Crippen molar-refractivity contribution in [3.63, 3.8) is 0 Å². The first-order valence-electron chi connectivity index (χ1n) is 7.75. The number of pyridine rings is 1. The van der Waals surface area contributed by atoms with E-state index >= 15 is 0 Å². The molecule has 0 amide bonds. The Morgan fingerprint density at radius 1 is 0.893 bits per heavy atom. The molecule has 6 nitrogen and oxygen atoms in total. The molecular weight excluding hydrogens is 442 g/mol. The molecule has 0 saturated carbocycles. The van der Waals surface area contributed by atoms with E-state index in [1.54, 1.807) is 0 Å². The maximum atomic E-state index is 6.15. The molecule has 0 atom stereocenters. The van der Waals surface area contributed by atoms with Crippen LogP contribution in [0.5, 0.6) is 0 Å². The molecule has 1 aromatic carbocycles. The van der Waals surface area contributed by atoms with Gasteiger partial charge in [0.2, 0.25) is 0 Å². The molecule has 4 N–H and O–H groups in total. The minimum Gasteiger partial charge on any atom is -0.322 e. The fraction of sp³-hybridized carbons (Fsp3) is 0.167. The number of nitrogens with two attached hydrogens (primary N) is 1. The molecule has 0 unspecified atom stereocenters. The maximum Gasteiger partial charge on any atom is 0.0708 e. The molecule has 10 heteroatoms. The van der Waals surface area contributed by atoms with Gasteiger partial charge in [-0.3, -0.25) is 15.2 Å². The summed E-state index contributed by atoms with van der Waals surface area (Å²) < 4.78 is 0. The summed E-state index contributed by atoms with van der Waals surface area (Å²) in [5.74, 6) is 0. The first-order valence-corrected chi connectivity index (χ1v) is 7.75. The molecule has 0 bridgehead atoms. The predicted octanol–water partition coefficient (Wildman–Crippen LogP) is 4.90. The smallest absolute Gasteiger partial charge is 0.0708 e. The highest BCUT2D eigenvalue weighted by Gasteiger charge is 2.17. The number of benzene rings is 1. The van der Waals surface area contributed by atoms with Crippen LogP contribution in [0.2, 0.25) is 0 Å². The Labute approximate surface area is 187 Å². The van der Waals surface area contributed by atoms with E-state index in [0.717, 1.165) is 38.9 Å². The van der Waals surface area contributed by atoms with Gasteiger partial charge in [0, 0.05) is 40.0 Å². The van der Waals surface area contributed by atoms with Gasteiger partial charge >= 0.3 is 0 Å². The molecule has 0 fully saturated rings. The molecule has 152 valence electrons. The van der Waals surface area contributed by atoms with Crippen molar-refractivity contribution < 1.29 is 0 Å². The highest BCUT2D eigenvalue weighted by Crippen LogP contribution is 2.36. The zero-order valence-corrected chi connectivity index (χ0v) is 18.4. The average Bonchev–Trinajstić information content (AvgIpc) is 3.24. The molecule has 0 radical (unpaired) electrons. The topological polar surface area (TPSA) is 96.3 Å². The number of nitrogens with one attached hydrogen (secondary N) is 2. The van der Waals surface area contributed by atoms with E-state index < -0.39 is 5.54 Å². The summed E-state index contributed by atoms with van der Waals surface area (Å²) in [6, 6.07) is 8.11. The van der Waals surface area contributed by atoms with Crippen LogP contribution >= 0.6 is 49.6 Å². The van der Waals surface area contributed by atoms with Gasteiger partial charge in [-0.15, -0.1) is 49.6 Å². The van der Waals surface area contributed by atoms with E-state index in [2.05, 4.69) is 31.4 Å². The fourth-order valence-electron chi connectivity index (χ4n) is 2.86. The lowest BCUT2D eigenvalue weighted by atomic mass is 9.94. The van der Waals surface area contributed by atoms with E-state index in [1.165, 1.54) is 0 Å². The van der Waals surface area contributed by atoms with Crippen molar-refractivity contribution in [2.24, 2.45) is 5.73 Å². The highest BCUT2D eigenvalue weighted by atomic mass is 35.5. The van der Waals surface area contributed by atoms with Gasteiger partial charge < -0.3 is 5.73 Å². The van der Waals surface area contributed by atoms with Crippen LogP contribution in [-0.2, 0) is 5.54 Å². The number of halogens is 4. The molecule has 3 aromatic heterocycles. The second-order valence-electron chi connectivity index (χ2n) is 6.46. The third kappa shape index (κ3) is 4.77. The van der Waals surface area contributed by atoms with Gasteiger partial charge in [-0.25, -0.2) is 0 Å². The molecular formula is C18H22Cl4N6. The van der Waals surface area contributed by atoms with Gasteiger partial charge in [0.25, 0.3) is 0 Å². The summed E-state index contributed by atoms with van der Waals surface area (Å²) >= 11 is 0. The lowest BCUT2D eigenvalue weighted by Gasteiger charge is -2.19. The minimum atomic E-state index is -0.409. The number of H-pyrrole nitrogens is 2. The molecule has 0 aliphatic carbocycles. The monoisotopic (exact) mass is 462 g/mol. The number of aromatic nitrogens is 5. The Hall–Kier alpha value is -1.83. The molecule has 4 rings (SSSR count). The fourth-order valence-corrected chi connectivity index (χ4v) is 2.86. The lowest BCUT2D eigenvalue weighted by Crippen LogP contribution is -2.28. The summed E-state index contributed by atoms with van der Waals surface area (Å²) in [6.07, 6.45) is 7.36. The molecule has 0 saturated heterocycles. The number of fused-ring (bicyclic) bond motifs is 1. The van der Waals surface area contributed by atoms with E-state index in [0.29, 0.717) is 0 Å². The van der Waals surface area contributed by atoms with Gasteiger partial charge in [-0.2, -0.15) is 10.2 Å². The Bertz CT molecular complexity index is 991. The van der Waals surface area contributed by atoms with Gasteiger partial charge in [0.1, 0.15) is 0 Å². The lowest BCUT2D eigenvalue weighted by molar-refractivity contribution is 0.552. The average molecular weight is 464 g/mol. The predicted molar refractivity (Wildman–Crippen MR) is 123 cm³/mol. The minimum absolute atomic E-state index is 0. The molecule has 0 spiro atoms. The van der Waals surface area contributed by atoms with Crippen LogP contribution in [0.4, 0.5) is 0 Å². The summed E-state index contributed by atoms with van der Waals surface area (Å²) in [5.41, 5.74) is 11.7. The van der Waals surface area contributed by atoms with E-state index in [-0.39, 0.29) is 49.6 Å². The van der Waals surface area contributed by atoms with Crippen molar-refractivity contribution in [2.75, 3.05) is 0 Å². The first-order chi connectivity index (χ1) is 11.5. The second-order valence-corrected chi connectivity index (χ2v) is 6.46. The van der Waals surface area contributed by atoms with Gasteiger partial charge in [-0.05, 0) is 31.5 Å². The van der Waals surface area contributed by atoms with Crippen molar-refractivity contribution in [1.29, 1.82) is 0 Å². The summed E-state index contributed by atoms with van der Waals surface area (Å²) in [5, 5.41) is 15.2. The summed E-state index contributed by atoms with van der Waals surface area (Å²) in [7, 11) is 0.